The highest BCUT2D eigenvalue weighted by Gasteiger charge is 2.29. The Balaban J connectivity index is 1.67. The predicted octanol–water partition coefficient (Wildman–Crippen LogP) is 2.46. The van der Waals surface area contributed by atoms with Crippen LogP contribution in [0, 0.1) is 0 Å². The SMILES string of the molecule is CC(=O)N1CCc2cc(S(=O)(=O)C(C)CC(=O)NCc3ccccc3)ccc21. The molecule has 2 aromatic rings. The Hall–Kier alpha value is -2.67. The number of hydrogen-bond donors (Lipinski definition) is 1. The maximum absolute atomic E-state index is 12.9. The van der Waals surface area contributed by atoms with Gasteiger partial charge >= 0.3 is 0 Å². The van der Waals surface area contributed by atoms with Gasteiger partial charge in [-0.3, -0.25) is 9.59 Å². The van der Waals surface area contributed by atoms with Crippen LogP contribution in [0.15, 0.2) is 53.4 Å². The van der Waals surface area contributed by atoms with E-state index in [0.717, 1.165) is 16.8 Å². The largest absolute Gasteiger partial charge is 0.352 e. The van der Waals surface area contributed by atoms with Crippen molar-refractivity contribution in [2.45, 2.75) is 43.4 Å². The minimum absolute atomic E-state index is 0.0576. The van der Waals surface area contributed by atoms with E-state index >= 15 is 0 Å². The van der Waals surface area contributed by atoms with Gasteiger partial charge in [-0.05, 0) is 42.7 Å². The van der Waals surface area contributed by atoms with Gasteiger partial charge in [-0.25, -0.2) is 8.42 Å². The number of sulfone groups is 1. The van der Waals surface area contributed by atoms with Crippen molar-refractivity contribution in [3.8, 4) is 0 Å². The molecule has 6 nitrogen and oxygen atoms in total. The first-order chi connectivity index (χ1) is 13.3. The summed E-state index contributed by atoms with van der Waals surface area (Å²) >= 11 is 0. The van der Waals surface area contributed by atoms with E-state index < -0.39 is 15.1 Å². The quantitative estimate of drug-likeness (QED) is 0.807. The number of carbonyl (C=O) groups excluding carboxylic acids is 2. The highest BCUT2D eigenvalue weighted by atomic mass is 32.2. The molecule has 0 radical (unpaired) electrons. The molecule has 0 saturated heterocycles. The van der Waals surface area contributed by atoms with Crippen LogP contribution < -0.4 is 10.2 Å². The van der Waals surface area contributed by atoms with Gasteiger partial charge < -0.3 is 10.2 Å². The van der Waals surface area contributed by atoms with Crippen molar-refractivity contribution in [1.29, 1.82) is 0 Å². The number of nitrogens with one attached hydrogen (secondary N) is 1. The molecular formula is C21H24N2O4S. The summed E-state index contributed by atoms with van der Waals surface area (Å²) in [5.41, 5.74) is 2.57. The summed E-state index contributed by atoms with van der Waals surface area (Å²) in [6.45, 7) is 3.97. The van der Waals surface area contributed by atoms with Crippen molar-refractivity contribution in [3.05, 3.63) is 59.7 Å². The molecule has 1 N–H and O–H groups in total. The molecule has 1 unspecified atom stereocenters. The molecule has 148 valence electrons. The lowest BCUT2D eigenvalue weighted by Gasteiger charge is -2.16. The molecule has 0 aromatic heterocycles. The van der Waals surface area contributed by atoms with Crippen molar-refractivity contribution in [1.82, 2.24) is 5.32 Å². The van der Waals surface area contributed by atoms with E-state index in [1.54, 1.807) is 24.0 Å². The molecule has 2 amide bonds. The first-order valence-electron chi connectivity index (χ1n) is 9.24. The van der Waals surface area contributed by atoms with Gasteiger partial charge in [0.15, 0.2) is 9.84 Å². The summed E-state index contributed by atoms with van der Waals surface area (Å²) in [5, 5.41) is 1.92. The van der Waals surface area contributed by atoms with E-state index in [1.165, 1.54) is 13.0 Å². The number of rotatable bonds is 6. The fourth-order valence-corrected chi connectivity index (χ4v) is 4.75. The summed E-state index contributed by atoms with van der Waals surface area (Å²) in [6.07, 6.45) is 0.524. The first-order valence-corrected chi connectivity index (χ1v) is 10.8. The molecule has 0 spiro atoms. The molecule has 0 bridgehead atoms. The molecule has 0 fully saturated rings. The number of hydrogen-bond acceptors (Lipinski definition) is 4. The van der Waals surface area contributed by atoms with Crippen LogP contribution >= 0.6 is 0 Å². The van der Waals surface area contributed by atoms with Crippen LogP contribution in [-0.4, -0.2) is 32.0 Å². The fourth-order valence-electron chi connectivity index (χ4n) is 3.35. The topological polar surface area (TPSA) is 83.6 Å². The lowest BCUT2D eigenvalue weighted by molar-refractivity contribution is -0.121. The Kier molecular flexibility index (Phi) is 5.84. The molecular weight excluding hydrogens is 376 g/mol. The molecule has 1 aliphatic heterocycles. The monoisotopic (exact) mass is 400 g/mol. The molecule has 1 aliphatic rings. The molecule has 0 saturated carbocycles. The van der Waals surface area contributed by atoms with Crippen LogP contribution in [0.1, 0.15) is 31.4 Å². The minimum Gasteiger partial charge on any atom is -0.352 e. The van der Waals surface area contributed by atoms with Gasteiger partial charge in [-0.1, -0.05) is 30.3 Å². The molecule has 2 aromatic carbocycles. The standard InChI is InChI=1S/C21H24N2O4S/c1-15(12-21(25)22-14-17-6-4-3-5-7-17)28(26,27)19-8-9-20-18(13-19)10-11-23(20)16(2)24/h3-9,13,15H,10-12,14H2,1-2H3,(H,22,25). The molecule has 3 rings (SSSR count). The molecule has 1 atom stereocenters. The highest BCUT2D eigenvalue weighted by molar-refractivity contribution is 7.92. The van der Waals surface area contributed by atoms with Crippen LogP contribution in [0.2, 0.25) is 0 Å². The number of anilines is 1. The summed E-state index contributed by atoms with van der Waals surface area (Å²) < 4.78 is 25.8. The summed E-state index contributed by atoms with van der Waals surface area (Å²) in [5.74, 6) is -0.360. The van der Waals surface area contributed by atoms with Crippen LogP contribution in [0.4, 0.5) is 5.69 Å². The van der Waals surface area contributed by atoms with E-state index in [2.05, 4.69) is 5.32 Å². The zero-order valence-corrected chi connectivity index (χ0v) is 16.8. The van der Waals surface area contributed by atoms with Gasteiger partial charge in [0.1, 0.15) is 0 Å². The van der Waals surface area contributed by atoms with Crippen LogP contribution in [-0.2, 0) is 32.4 Å². The van der Waals surface area contributed by atoms with Crippen molar-refractivity contribution >= 4 is 27.3 Å². The Morgan fingerprint density at radius 1 is 1.14 bits per heavy atom. The average Bonchev–Trinajstić information content (AvgIpc) is 3.10. The van der Waals surface area contributed by atoms with E-state index in [4.69, 9.17) is 0 Å². The Morgan fingerprint density at radius 2 is 1.86 bits per heavy atom. The second-order valence-corrected chi connectivity index (χ2v) is 9.40. The van der Waals surface area contributed by atoms with Crippen molar-refractivity contribution < 1.29 is 18.0 Å². The van der Waals surface area contributed by atoms with Gasteiger partial charge in [0.25, 0.3) is 0 Å². The summed E-state index contributed by atoms with van der Waals surface area (Å²) in [4.78, 5) is 25.7. The van der Waals surface area contributed by atoms with Gasteiger partial charge in [-0.2, -0.15) is 0 Å². The maximum Gasteiger partial charge on any atom is 0.223 e. The van der Waals surface area contributed by atoms with Gasteiger partial charge in [0.2, 0.25) is 11.8 Å². The number of carbonyl (C=O) groups is 2. The summed E-state index contributed by atoms with van der Waals surface area (Å²) in [6, 6.07) is 14.3. The van der Waals surface area contributed by atoms with Gasteiger partial charge in [0, 0.05) is 32.1 Å². The van der Waals surface area contributed by atoms with E-state index in [0.29, 0.717) is 19.5 Å². The number of fused-ring (bicyclic) bond motifs is 1. The van der Waals surface area contributed by atoms with Crippen LogP contribution in [0.25, 0.3) is 0 Å². The molecule has 0 aliphatic carbocycles. The lowest BCUT2D eigenvalue weighted by atomic mass is 10.2. The Morgan fingerprint density at radius 3 is 2.54 bits per heavy atom. The van der Waals surface area contributed by atoms with Crippen LogP contribution in [0.3, 0.4) is 0 Å². The molecule has 28 heavy (non-hydrogen) atoms. The average molecular weight is 401 g/mol. The minimum atomic E-state index is -3.64. The van der Waals surface area contributed by atoms with Gasteiger partial charge in [-0.15, -0.1) is 0 Å². The Bertz CT molecular complexity index is 987. The van der Waals surface area contributed by atoms with E-state index in [1.807, 2.05) is 30.3 Å². The fraction of sp³-hybridized carbons (Fsp3) is 0.333. The normalized spacial score (nSPS) is 14.4. The number of nitrogens with zero attached hydrogens (tertiary/aromatic N) is 1. The maximum atomic E-state index is 12.9. The third kappa shape index (κ3) is 4.25. The highest BCUT2D eigenvalue weighted by Crippen LogP contribution is 2.31. The predicted molar refractivity (Wildman–Crippen MR) is 108 cm³/mol. The molecule has 1 heterocycles. The first kappa shape index (κ1) is 20.1. The third-order valence-electron chi connectivity index (χ3n) is 4.99. The smallest absolute Gasteiger partial charge is 0.223 e. The van der Waals surface area contributed by atoms with Crippen LogP contribution in [0.5, 0.6) is 0 Å². The Labute approximate surface area is 165 Å². The second-order valence-electron chi connectivity index (χ2n) is 7.03. The van der Waals surface area contributed by atoms with Crippen molar-refractivity contribution in [2.75, 3.05) is 11.4 Å². The van der Waals surface area contributed by atoms with E-state index in [-0.39, 0.29) is 23.1 Å². The zero-order valence-electron chi connectivity index (χ0n) is 16.0. The number of amides is 2. The van der Waals surface area contributed by atoms with Gasteiger partial charge in [0.05, 0.1) is 10.1 Å². The molecule has 7 heteroatoms. The zero-order chi connectivity index (χ0) is 20.3. The van der Waals surface area contributed by atoms with Crippen molar-refractivity contribution in [2.24, 2.45) is 0 Å². The number of benzene rings is 2. The summed E-state index contributed by atoms with van der Waals surface area (Å²) in [7, 11) is -3.64. The second kappa shape index (κ2) is 8.14. The van der Waals surface area contributed by atoms with Crippen molar-refractivity contribution in [3.63, 3.8) is 0 Å². The third-order valence-corrected chi connectivity index (χ3v) is 7.13. The lowest BCUT2D eigenvalue weighted by Crippen LogP contribution is -2.29. The van der Waals surface area contributed by atoms with E-state index in [9.17, 15) is 18.0 Å².